The Bertz CT molecular complexity index is 295. The fourth-order valence-electron chi connectivity index (χ4n) is 2.63. The van der Waals surface area contributed by atoms with E-state index in [-0.39, 0.29) is 12.1 Å². The number of carbonyl (C=O) groups excluding carboxylic acids is 1. The highest BCUT2D eigenvalue weighted by atomic mass is 32.1. The molecule has 0 aromatic carbocycles. The monoisotopic (exact) mass is 329 g/mol. The van der Waals surface area contributed by atoms with Gasteiger partial charge in [0.25, 0.3) is 0 Å². The molecule has 22 heavy (non-hydrogen) atoms. The van der Waals surface area contributed by atoms with Crippen LogP contribution in [0.3, 0.4) is 0 Å². The van der Waals surface area contributed by atoms with Gasteiger partial charge in [-0.15, -0.1) is 0 Å². The van der Waals surface area contributed by atoms with Crippen molar-refractivity contribution >= 4 is 23.2 Å². The van der Waals surface area contributed by atoms with Crippen LogP contribution >= 0.6 is 12.2 Å². The molecule has 0 saturated carbocycles. The van der Waals surface area contributed by atoms with Crippen molar-refractivity contribution in [1.29, 1.82) is 0 Å². The minimum atomic E-state index is -0.379. The first-order valence-corrected chi connectivity index (χ1v) is 9.45. The van der Waals surface area contributed by atoms with Crippen LogP contribution in [0.15, 0.2) is 0 Å². The van der Waals surface area contributed by atoms with Crippen molar-refractivity contribution in [3.05, 3.63) is 0 Å². The molecular formula is C18H35NO2S. The summed E-state index contributed by atoms with van der Waals surface area (Å²) in [6, 6.07) is 0. The van der Waals surface area contributed by atoms with E-state index in [0.29, 0.717) is 4.99 Å². The third-order valence-corrected chi connectivity index (χ3v) is 4.21. The number of nitrogens with two attached hydrogens (primary N) is 1. The van der Waals surface area contributed by atoms with E-state index in [9.17, 15) is 4.79 Å². The summed E-state index contributed by atoms with van der Waals surface area (Å²) < 4.78 is 5.11. The van der Waals surface area contributed by atoms with Crippen molar-refractivity contribution in [3.63, 3.8) is 0 Å². The Hall–Kier alpha value is -0.640. The predicted octanol–water partition coefficient (Wildman–Crippen LogP) is 5.30. The third kappa shape index (κ3) is 14.3. The molecule has 0 rings (SSSR count). The highest BCUT2D eigenvalue weighted by Gasteiger charge is 2.14. The quantitative estimate of drug-likeness (QED) is 0.252. The fourth-order valence-corrected chi connectivity index (χ4v) is 2.80. The van der Waals surface area contributed by atoms with Gasteiger partial charge in [-0.2, -0.15) is 0 Å². The summed E-state index contributed by atoms with van der Waals surface area (Å²) in [6.07, 6.45) is 16.1. The number of hydrogen-bond acceptors (Lipinski definition) is 3. The van der Waals surface area contributed by atoms with E-state index in [0.717, 1.165) is 19.3 Å². The molecule has 0 amide bonds. The number of esters is 1. The lowest BCUT2D eigenvalue weighted by atomic mass is 10.0. The molecule has 2 N–H and O–H groups in total. The molecular weight excluding hydrogens is 294 g/mol. The zero-order valence-corrected chi connectivity index (χ0v) is 15.4. The van der Waals surface area contributed by atoms with Crippen LogP contribution < -0.4 is 5.73 Å². The highest BCUT2D eigenvalue weighted by Crippen LogP contribution is 2.13. The summed E-state index contributed by atoms with van der Waals surface area (Å²) in [4.78, 5) is 11.2. The van der Waals surface area contributed by atoms with Crippen LogP contribution in [0.25, 0.3) is 0 Å². The minimum absolute atomic E-state index is 0.290. The molecule has 0 radical (unpaired) electrons. The van der Waals surface area contributed by atoms with Gasteiger partial charge >= 0.3 is 5.97 Å². The van der Waals surface area contributed by atoms with Crippen molar-refractivity contribution in [1.82, 2.24) is 0 Å². The van der Waals surface area contributed by atoms with Gasteiger partial charge < -0.3 is 10.5 Å². The molecule has 0 aliphatic heterocycles. The first-order valence-electron chi connectivity index (χ1n) is 9.04. The molecule has 1 unspecified atom stereocenters. The summed E-state index contributed by atoms with van der Waals surface area (Å²) >= 11 is 4.92. The lowest BCUT2D eigenvalue weighted by Gasteiger charge is -2.15. The van der Waals surface area contributed by atoms with E-state index in [2.05, 4.69) is 6.92 Å². The summed E-state index contributed by atoms with van der Waals surface area (Å²) in [7, 11) is 0. The largest absolute Gasteiger partial charge is 0.455 e. The van der Waals surface area contributed by atoms with Gasteiger partial charge in [-0.3, -0.25) is 4.79 Å². The molecule has 0 spiro atoms. The third-order valence-electron chi connectivity index (χ3n) is 3.95. The van der Waals surface area contributed by atoms with Crippen molar-refractivity contribution in [2.45, 2.75) is 103 Å². The predicted molar refractivity (Wildman–Crippen MR) is 98.0 cm³/mol. The first-order chi connectivity index (χ1) is 10.6. The van der Waals surface area contributed by atoms with E-state index in [1.54, 1.807) is 0 Å². The molecule has 0 bridgehead atoms. The van der Waals surface area contributed by atoms with Crippen LogP contribution in [0.2, 0.25) is 0 Å². The molecule has 0 heterocycles. The average Bonchev–Trinajstić information content (AvgIpc) is 2.46. The molecule has 4 heteroatoms. The van der Waals surface area contributed by atoms with E-state index in [4.69, 9.17) is 22.7 Å². The average molecular weight is 330 g/mol. The second-order valence-electron chi connectivity index (χ2n) is 6.18. The fraction of sp³-hybridized carbons (Fsp3) is 0.889. The summed E-state index contributed by atoms with van der Waals surface area (Å²) in [6.45, 7) is 3.66. The molecule has 130 valence electrons. The molecule has 0 aliphatic rings. The smallest absolute Gasteiger partial charge is 0.303 e. The van der Waals surface area contributed by atoms with Crippen molar-refractivity contribution in [3.8, 4) is 0 Å². The van der Waals surface area contributed by atoms with Crippen molar-refractivity contribution in [2.24, 2.45) is 5.73 Å². The topological polar surface area (TPSA) is 52.3 Å². The number of ether oxygens (including phenoxy) is 1. The van der Waals surface area contributed by atoms with Crippen LogP contribution in [-0.4, -0.2) is 17.1 Å². The van der Waals surface area contributed by atoms with Crippen molar-refractivity contribution in [2.75, 3.05) is 0 Å². The van der Waals surface area contributed by atoms with Gasteiger partial charge in [-0.1, -0.05) is 89.8 Å². The number of thiocarbonyl (C=S) groups is 1. The van der Waals surface area contributed by atoms with Gasteiger partial charge in [-0.05, 0) is 12.8 Å². The maximum atomic E-state index is 10.9. The normalized spacial score (nSPS) is 12.1. The lowest BCUT2D eigenvalue weighted by molar-refractivity contribution is -0.143. The van der Waals surface area contributed by atoms with Crippen LogP contribution in [0.5, 0.6) is 0 Å². The molecule has 0 aliphatic carbocycles. The zero-order chi connectivity index (χ0) is 16.6. The maximum absolute atomic E-state index is 10.9. The highest BCUT2D eigenvalue weighted by molar-refractivity contribution is 7.80. The maximum Gasteiger partial charge on any atom is 0.303 e. The molecule has 0 aromatic rings. The number of hydrogen-bond donors (Lipinski definition) is 1. The Morgan fingerprint density at radius 3 is 1.68 bits per heavy atom. The summed E-state index contributed by atoms with van der Waals surface area (Å²) in [5.74, 6) is -0.309. The molecule has 1 atom stereocenters. The minimum Gasteiger partial charge on any atom is -0.455 e. The number of unbranched alkanes of at least 4 members (excludes halogenated alkanes) is 11. The second-order valence-corrected chi connectivity index (χ2v) is 6.65. The Labute approximate surface area is 142 Å². The summed E-state index contributed by atoms with van der Waals surface area (Å²) in [5.41, 5.74) is 5.58. The molecule has 0 fully saturated rings. The van der Waals surface area contributed by atoms with E-state index in [1.165, 1.54) is 71.1 Å². The Morgan fingerprint density at radius 1 is 0.909 bits per heavy atom. The van der Waals surface area contributed by atoms with Gasteiger partial charge in [0, 0.05) is 6.92 Å². The second kappa shape index (κ2) is 15.3. The van der Waals surface area contributed by atoms with Gasteiger partial charge in [0.05, 0.1) is 0 Å². The van der Waals surface area contributed by atoms with Crippen LogP contribution in [0.1, 0.15) is 97.3 Å². The molecule has 3 nitrogen and oxygen atoms in total. The summed E-state index contributed by atoms with van der Waals surface area (Å²) in [5, 5.41) is 0. The Morgan fingerprint density at radius 2 is 1.32 bits per heavy atom. The Balaban J connectivity index is 3.35. The van der Waals surface area contributed by atoms with E-state index < -0.39 is 0 Å². The van der Waals surface area contributed by atoms with Crippen LogP contribution in [0, 0.1) is 0 Å². The van der Waals surface area contributed by atoms with Gasteiger partial charge in [-0.25, -0.2) is 0 Å². The molecule has 0 saturated heterocycles. The SMILES string of the molecule is CCCCCCCCCCCCCCC(OC(C)=O)C(N)=S. The van der Waals surface area contributed by atoms with Crippen molar-refractivity contribution < 1.29 is 9.53 Å². The first kappa shape index (κ1) is 21.4. The van der Waals surface area contributed by atoms with Gasteiger partial charge in [0.1, 0.15) is 4.99 Å². The van der Waals surface area contributed by atoms with E-state index in [1.807, 2.05) is 0 Å². The molecule has 0 aromatic heterocycles. The van der Waals surface area contributed by atoms with Crippen LogP contribution in [-0.2, 0) is 9.53 Å². The van der Waals surface area contributed by atoms with E-state index >= 15 is 0 Å². The zero-order valence-electron chi connectivity index (χ0n) is 14.6. The standard InChI is InChI=1S/C18H35NO2S/c1-3-4-5-6-7-8-9-10-11-12-13-14-15-17(18(19)22)21-16(2)20/h17H,3-15H2,1-2H3,(H2,19,22). The van der Waals surface area contributed by atoms with Crippen LogP contribution in [0.4, 0.5) is 0 Å². The van der Waals surface area contributed by atoms with Gasteiger partial charge in [0.15, 0.2) is 6.10 Å². The number of rotatable bonds is 15. The Kier molecular flexibility index (Phi) is 14.8. The number of carbonyl (C=O) groups is 1. The lowest BCUT2D eigenvalue weighted by Crippen LogP contribution is -2.31. The van der Waals surface area contributed by atoms with Gasteiger partial charge in [0.2, 0.25) is 0 Å².